The summed E-state index contributed by atoms with van der Waals surface area (Å²) in [7, 11) is 0. The number of halogens is 1. The molecule has 0 bridgehead atoms. The van der Waals surface area contributed by atoms with Crippen molar-refractivity contribution in [3.05, 3.63) is 75.9 Å². The van der Waals surface area contributed by atoms with Crippen molar-refractivity contribution in [2.75, 3.05) is 6.54 Å². The fourth-order valence-corrected chi connectivity index (χ4v) is 3.46. The lowest BCUT2D eigenvalue weighted by Crippen LogP contribution is -2.14. The third-order valence-corrected chi connectivity index (χ3v) is 4.91. The van der Waals surface area contributed by atoms with E-state index in [0.29, 0.717) is 27.6 Å². The van der Waals surface area contributed by atoms with Gasteiger partial charge in [-0.1, -0.05) is 29.8 Å². The van der Waals surface area contributed by atoms with Crippen molar-refractivity contribution < 1.29 is 10.2 Å². The Morgan fingerprint density at radius 1 is 1.22 bits per heavy atom. The zero-order chi connectivity index (χ0) is 19.4. The van der Waals surface area contributed by atoms with Crippen LogP contribution in [-0.4, -0.2) is 27.1 Å². The molecule has 2 aromatic carbocycles. The minimum atomic E-state index is -0.0373. The molecule has 0 aliphatic rings. The van der Waals surface area contributed by atoms with Crippen molar-refractivity contribution in [1.82, 2.24) is 4.68 Å². The van der Waals surface area contributed by atoms with Gasteiger partial charge < -0.3 is 10.2 Å². The standard InChI is InChI=1S/C20H18ClN3O2S/c1-3-10-22-20-24(18(12-27-20)14-4-6-15(21)7-5-14)23-13(2)17-9-8-16(25)11-19(17)26/h3-9,11-12,25-26H,1,10H2,2H3. The van der Waals surface area contributed by atoms with Gasteiger partial charge in [0.15, 0.2) is 0 Å². The molecule has 0 radical (unpaired) electrons. The van der Waals surface area contributed by atoms with E-state index in [1.54, 1.807) is 23.7 Å². The van der Waals surface area contributed by atoms with Crippen LogP contribution in [-0.2, 0) is 0 Å². The highest BCUT2D eigenvalue weighted by Gasteiger charge is 2.11. The fourth-order valence-electron chi connectivity index (χ4n) is 2.50. The minimum absolute atomic E-state index is 0.00392. The third-order valence-electron chi connectivity index (χ3n) is 3.80. The molecule has 1 heterocycles. The molecule has 27 heavy (non-hydrogen) atoms. The fraction of sp³-hybridized carbons (Fsp3) is 0.100. The third kappa shape index (κ3) is 4.30. The van der Waals surface area contributed by atoms with E-state index in [2.05, 4.69) is 16.7 Å². The maximum Gasteiger partial charge on any atom is 0.206 e. The van der Waals surface area contributed by atoms with Crippen LogP contribution in [0.3, 0.4) is 0 Å². The summed E-state index contributed by atoms with van der Waals surface area (Å²) in [5.41, 5.74) is 2.92. The molecule has 0 aliphatic carbocycles. The monoisotopic (exact) mass is 399 g/mol. The quantitative estimate of drug-likeness (QED) is 0.484. The highest BCUT2D eigenvalue weighted by Crippen LogP contribution is 2.25. The van der Waals surface area contributed by atoms with Gasteiger partial charge in [0.1, 0.15) is 11.5 Å². The summed E-state index contributed by atoms with van der Waals surface area (Å²) in [5, 5.41) is 26.9. The number of benzene rings is 2. The maximum absolute atomic E-state index is 10.1. The zero-order valence-corrected chi connectivity index (χ0v) is 16.2. The van der Waals surface area contributed by atoms with Crippen molar-refractivity contribution in [3.63, 3.8) is 0 Å². The van der Waals surface area contributed by atoms with E-state index in [4.69, 9.17) is 11.6 Å². The van der Waals surface area contributed by atoms with Crippen molar-refractivity contribution >= 4 is 28.6 Å². The Labute approximate surface area is 165 Å². The second-order valence-electron chi connectivity index (χ2n) is 5.74. The van der Waals surface area contributed by atoms with Crippen LogP contribution in [0, 0.1) is 0 Å². The van der Waals surface area contributed by atoms with Crippen LogP contribution in [0.2, 0.25) is 5.02 Å². The summed E-state index contributed by atoms with van der Waals surface area (Å²) in [5.74, 6) is -0.0412. The lowest BCUT2D eigenvalue weighted by atomic mass is 10.1. The molecule has 0 atom stereocenters. The van der Waals surface area contributed by atoms with Crippen LogP contribution in [0.25, 0.3) is 11.3 Å². The maximum atomic E-state index is 10.1. The highest BCUT2D eigenvalue weighted by atomic mass is 35.5. The summed E-state index contributed by atoms with van der Waals surface area (Å²) in [6, 6.07) is 11.9. The number of hydrogen-bond acceptors (Lipinski definition) is 5. The Kier molecular flexibility index (Phi) is 5.78. The number of phenols is 2. The molecule has 5 nitrogen and oxygen atoms in total. The number of nitrogens with zero attached hydrogens (tertiary/aromatic N) is 3. The first kappa shape index (κ1) is 18.9. The molecule has 3 rings (SSSR count). The summed E-state index contributed by atoms with van der Waals surface area (Å²) in [4.78, 5) is 5.21. The molecule has 0 fully saturated rings. The molecule has 0 aliphatic heterocycles. The normalized spacial score (nSPS) is 12.4. The molecule has 0 amide bonds. The Bertz CT molecular complexity index is 1070. The van der Waals surface area contributed by atoms with E-state index in [-0.39, 0.29) is 11.5 Å². The van der Waals surface area contributed by atoms with Crippen LogP contribution in [0.15, 0.2) is 70.6 Å². The molecule has 0 saturated heterocycles. The molecular formula is C20H18ClN3O2S. The van der Waals surface area contributed by atoms with Gasteiger partial charge in [-0.3, -0.25) is 4.99 Å². The van der Waals surface area contributed by atoms with E-state index in [1.807, 2.05) is 29.6 Å². The largest absolute Gasteiger partial charge is 0.508 e. The highest BCUT2D eigenvalue weighted by molar-refractivity contribution is 7.07. The average Bonchev–Trinajstić information content (AvgIpc) is 3.03. The van der Waals surface area contributed by atoms with Gasteiger partial charge in [-0.15, -0.1) is 17.9 Å². The molecule has 3 aromatic rings. The number of thiazole rings is 1. The number of phenolic OH excluding ortho intramolecular Hbond substituents is 2. The van der Waals surface area contributed by atoms with Gasteiger partial charge in [0.25, 0.3) is 0 Å². The molecule has 0 saturated carbocycles. The Morgan fingerprint density at radius 2 is 1.96 bits per heavy atom. The Hall–Kier alpha value is -2.83. The van der Waals surface area contributed by atoms with Crippen molar-refractivity contribution in [2.45, 2.75) is 6.92 Å². The van der Waals surface area contributed by atoms with Gasteiger partial charge in [-0.2, -0.15) is 5.10 Å². The van der Waals surface area contributed by atoms with E-state index < -0.39 is 0 Å². The molecule has 2 N–H and O–H groups in total. The van der Waals surface area contributed by atoms with Crippen LogP contribution in [0.5, 0.6) is 11.5 Å². The number of aromatic nitrogens is 1. The minimum Gasteiger partial charge on any atom is -0.508 e. The zero-order valence-electron chi connectivity index (χ0n) is 14.6. The van der Waals surface area contributed by atoms with E-state index in [0.717, 1.165) is 11.3 Å². The van der Waals surface area contributed by atoms with Gasteiger partial charge in [0.05, 0.1) is 18.0 Å². The molecule has 138 valence electrons. The van der Waals surface area contributed by atoms with Gasteiger partial charge >= 0.3 is 0 Å². The lowest BCUT2D eigenvalue weighted by Gasteiger charge is -2.08. The second-order valence-corrected chi connectivity index (χ2v) is 7.01. The molecule has 7 heteroatoms. The number of hydrogen-bond donors (Lipinski definition) is 2. The van der Waals surface area contributed by atoms with E-state index >= 15 is 0 Å². The summed E-state index contributed by atoms with van der Waals surface area (Å²) in [6.07, 6.45) is 1.72. The van der Waals surface area contributed by atoms with Crippen molar-refractivity contribution in [3.8, 4) is 22.8 Å². The van der Waals surface area contributed by atoms with Crippen LogP contribution < -0.4 is 4.80 Å². The molecule has 1 aromatic heterocycles. The smallest absolute Gasteiger partial charge is 0.206 e. The molecular weight excluding hydrogens is 382 g/mol. The lowest BCUT2D eigenvalue weighted by molar-refractivity contribution is 0.450. The number of aromatic hydroxyl groups is 2. The first-order chi connectivity index (χ1) is 13.0. The van der Waals surface area contributed by atoms with E-state index in [9.17, 15) is 10.2 Å². The second kappa shape index (κ2) is 8.24. The average molecular weight is 400 g/mol. The predicted octanol–water partition coefficient (Wildman–Crippen LogP) is 4.64. The molecule has 0 unspecified atom stereocenters. The van der Waals surface area contributed by atoms with Gasteiger partial charge in [0, 0.05) is 27.6 Å². The summed E-state index contributed by atoms with van der Waals surface area (Å²) < 4.78 is 1.74. The number of rotatable bonds is 5. The predicted molar refractivity (Wildman–Crippen MR) is 111 cm³/mol. The topological polar surface area (TPSA) is 70.1 Å². The van der Waals surface area contributed by atoms with Gasteiger partial charge in [-0.25, -0.2) is 4.68 Å². The van der Waals surface area contributed by atoms with Gasteiger partial charge in [-0.05, 0) is 31.2 Å². The van der Waals surface area contributed by atoms with Crippen LogP contribution >= 0.6 is 22.9 Å². The first-order valence-electron chi connectivity index (χ1n) is 8.15. The first-order valence-corrected chi connectivity index (χ1v) is 9.41. The van der Waals surface area contributed by atoms with E-state index in [1.165, 1.54) is 23.5 Å². The molecule has 0 spiro atoms. The van der Waals surface area contributed by atoms with Crippen molar-refractivity contribution in [1.29, 1.82) is 0 Å². The van der Waals surface area contributed by atoms with Crippen LogP contribution in [0.1, 0.15) is 12.5 Å². The SMILES string of the molecule is C=CCN=c1scc(-c2ccc(Cl)cc2)n1N=C(C)c1ccc(O)cc1O. The van der Waals surface area contributed by atoms with Crippen LogP contribution in [0.4, 0.5) is 0 Å². The summed E-state index contributed by atoms with van der Waals surface area (Å²) >= 11 is 7.46. The van der Waals surface area contributed by atoms with Crippen molar-refractivity contribution in [2.24, 2.45) is 10.1 Å². The Balaban J connectivity index is 2.15. The Morgan fingerprint density at radius 3 is 2.63 bits per heavy atom. The summed E-state index contributed by atoms with van der Waals surface area (Å²) in [6.45, 7) is 5.97. The van der Waals surface area contributed by atoms with Gasteiger partial charge in [0.2, 0.25) is 4.80 Å².